The SMILES string of the molecule is Cc1cc(F)ccc1C(C)(O)CC1CC1. The van der Waals surface area contributed by atoms with Crippen LogP contribution in [-0.2, 0) is 5.60 Å². The largest absolute Gasteiger partial charge is 0.385 e. The van der Waals surface area contributed by atoms with Crippen LogP contribution in [0.4, 0.5) is 4.39 Å². The number of hydrogen-bond acceptors (Lipinski definition) is 1. The van der Waals surface area contributed by atoms with E-state index in [1.54, 1.807) is 6.07 Å². The third-order valence-corrected chi connectivity index (χ3v) is 3.15. The molecule has 1 aromatic carbocycles. The van der Waals surface area contributed by atoms with Gasteiger partial charge in [0, 0.05) is 0 Å². The van der Waals surface area contributed by atoms with E-state index in [0.29, 0.717) is 5.92 Å². The molecule has 1 N–H and O–H groups in total. The van der Waals surface area contributed by atoms with Gasteiger partial charge in [-0.1, -0.05) is 18.9 Å². The van der Waals surface area contributed by atoms with Crippen LogP contribution in [-0.4, -0.2) is 5.11 Å². The zero-order valence-corrected chi connectivity index (χ0v) is 9.26. The monoisotopic (exact) mass is 208 g/mol. The molecule has 2 heteroatoms. The lowest BCUT2D eigenvalue weighted by Gasteiger charge is -2.25. The second-order valence-corrected chi connectivity index (χ2v) is 4.88. The molecule has 0 aliphatic heterocycles. The van der Waals surface area contributed by atoms with Gasteiger partial charge < -0.3 is 5.11 Å². The molecule has 1 atom stereocenters. The van der Waals surface area contributed by atoms with Gasteiger partial charge in [0.25, 0.3) is 0 Å². The van der Waals surface area contributed by atoms with Crippen molar-refractivity contribution in [3.63, 3.8) is 0 Å². The number of aliphatic hydroxyl groups is 1. The van der Waals surface area contributed by atoms with Crippen LogP contribution < -0.4 is 0 Å². The third-order valence-electron chi connectivity index (χ3n) is 3.15. The lowest BCUT2D eigenvalue weighted by molar-refractivity contribution is 0.0411. The Bertz CT molecular complexity index is 367. The molecule has 0 aromatic heterocycles. The molecule has 1 aliphatic carbocycles. The Morgan fingerprint density at radius 2 is 2.13 bits per heavy atom. The molecule has 1 fully saturated rings. The van der Waals surface area contributed by atoms with E-state index in [2.05, 4.69) is 0 Å². The van der Waals surface area contributed by atoms with E-state index in [0.717, 1.165) is 17.5 Å². The molecule has 0 saturated heterocycles. The van der Waals surface area contributed by atoms with Crippen molar-refractivity contribution in [3.8, 4) is 0 Å². The molecule has 2 rings (SSSR count). The van der Waals surface area contributed by atoms with Crippen molar-refractivity contribution in [2.75, 3.05) is 0 Å². The third kappa shape index (κ3) is 2.37. The van der Waals surface area contributed by atoms with Crippen molar-refractivity contribution in [3.05, 3.63) is 35.1 Å². The fourth-order valence-electron chi connectivity index (χ4n) is 2.23. The Kier molecular flexibility index (Phi) is 2.55. The molecule has 1 saturated carbocycles. The summed E-state index contributed by atoms with van der Waals surface area (Å²) < 4.78 is 12.9. The van der Waals surface area contributed by atoms with E-state index < -0.39 is 5.60 Å². The van der Waals surface area contributed by atoms with Crippen molar-refractivity contribution < 1.29 is 9.50 Å². The van der Waals surface area contributed by atoms with Crippen LogP contribution >= 0.6 is 0 Å². The quantitative estimate of drug-likeness (QED) is 0.809. The van der Waals surface area contributed by atoms with Crippen molar-refractivity contribution in [2.45, 2.75) is 38.7 Å². The highest BCUT2D eigenvalue weighted by molar-refractivity contribution is 5.31. The summed E-state index contributed by atoms with van der Waals surface area (Å²) in [5.41, 5.74) is 0.885. The van der Waals surface area contributed by atoms with Gasteiger partial charge in [-0.15, -0.1) is 0 Å². The lowest BCUT2D eigenvalue weighted by atomic mass is 9.87. The minimum Gasteiger partial charge on any atom is -0.385 e. The number of aryl methyl sites for hydroxylation is 1. The Morgan fingerprint density at radius 1 is 1.47 bits per heavy atom. The van der Waals surface area contributed by atoms with Crippen LogP contribution in [0.3, 0.4) is 0 Å². The molecule has 1 aliphatic rings. The van der Waals surface area contributed by atoms with E-state index in [-0.39, 0.29) is 5.82 Å². The Labute approximate surface area is 89.9 Å². The normalized spacial score (nSPS) is 20.0. The van der Waals surface area contributed by atoms with Crippen LogP contribution in [0.15, 0.2) is 18.2 Å². The van der Waals surface area contributed by atoms with Gasteiger partial charge in [-0.25, -0.2) is 4.39 Å². The first-order valence-corrected chi connectivity index (χ1v) is 5.48. The summed E-state index contributed by atoms with van der Waals surface area (Å²) in [6.45, 7) is 3.67. The second-order valence-electron chi connectivity index (χ2n) is 4.88. The molecule has 0 heterocycles. The highest BCUT2D eigenvalue weighted by Crippen LogP contribution is 2.41. The summed E-state index contributed by atoms with van der Waals surface area (Å²) >= 11 is 0. The van der Waals surface area contributed by atoms with E-state index >= 15 is 0 Å². The molecule has 82 valence electrons. The van der Waals surface area contributed by atoms with Crippen molar-refractivity contribution >= 4 is 0 Å². The summed E-state index contributed by atoms with van der Waals surface area (Å²) in [4.78, 5) is 0. The maximum atomic E-state index is 12.9. The molecule has 1 nitrogen and oxygen atoms in total. The van der Waals surface area contributed by atoms with Gasteiger partial charge in [-0.05, 0) is 49.4 Å². The highest BCUT2D eigenvalue weighted by Gasteiger charge is 2.33. The van der Waals surface area contributed by atoms with Crippen LogP contribution in [0.5, 0.6) is 0 Å². The van der Waals surface area contributed by atoms with Crippen molar-refractivity contribution in [1.82, 2.24) is 0 Å². The smallest absolute Gasteiger partial charge is 0.123 e. The molecule has 0 bridgehead atoms. The number of hydrogen-bond donors (Lipinski definition) is 1. The fourth-order valence-corrected chi connectivity index (χ4v) is 2.23. The standard InChI is InChI=1S/C13H17FO/c1-9-7-11(14)5-6-12(9)13(2,15)8-10-3-4-10/h5-7,10,15H,3-4,8H2,1-2H3. The molecular weight excluding hydrogens is 191 g/mol. The minimum atomic E-state index is -0.807. The van der Waals surface area contributed by atoms with Gasteiger partial charge in [-0.2, -0.15) is 0 Å². The van der Waals surface area contributed by atoms with Crippen LogP contribution in [0.1, 0.15) is 37.3 Å². The predicted octanol–water partition coefficient (Wildman–Crippen LogP) is 3.14. The predicted molar refractivity (Wildman–Crippen MR) is 58.0 cm³/mol. The number of benzene rings is 1. The summed E-state index contributed by atoms with van der Waals surface area (Å²) in [5.74, 6) is 0.419. The van der Waals surface area contributed by atoms with Crippen molar-refractivity contribution in [1.29, 1.82) is 0 Å². The van der Waals surface area contributed by atoms with E-state index in [1.165, 1.54) is 25.0 Å². The average molecular weight is 208 g/mol. The number of halogens is 1. The van der Waals surface area contributed by atoms with Crippen LogP contribution in [0, 0.1) is 18.7 Å². The van der Waals surface area contributed by atoms with E-state index in [4.69, 9.17) is 0 Å². The first-order chi connectivity index (χ1) is 6.99. The maximum Gasteiger partial charge on any atom is 0.123 e. The van der Waals surface area contributed by atoms with Gasteiger partial charge in [-0.3, -0.25) is 0 Å². The Hall–Kier alpha value is -0.890. The summed E-state index contributed by atoms with van der Waals surface area (Å²) in [6.07, 6.45) is 3.23. The number of rotatable bonds is 3. The van der Waals surface area contributed by atoms with Gasteiger partial charge in [0.15, 0.2) is 0 Å². The van der Waals surface area contributed by atoms with E-state index in [9.17, 15) is 9.50 Å². The molecule has 15 heavy (non-hydrogen) atoms. The Morgan fingerprint density at radius 3 is 2.67 bits per heavy atom. The zero-order chi connectivity index (χ0) is 11.1. The first kappa shape index (κ1) is 10.6. The van der Waals surface area contributed by atoms with E-state index in [1.807, 2.05) is 13.8 Å². The Balaban J connectivity index is 2.25. The molecule has 0 amide bonds. The molecule has 0 radical (unpaired) electrons. The van der Waals surface area contributed by atoms with Gasteiger partial charge in [0.05, 0.1) is 5.60 Å². The molecule has 1 unspecified atom stereocenters. The summed E-state index contributed by atoms with van der Waals surface area (Å²) in [7, 11) is 0. The van der Waals surface area contributed by atoms with Gasteiger partial charge in [0.2, 0.25) is 0 Å². The van der Waals surface area contributed by atoms with Gasteiger partial charge in [0.1, 0.15) is 5.82 Å². The highest BCUT2D eigenvalue weighted by atomic mass is 19.1. The molecular formula is C13H17FO. The lowest BCUT2D eigenvalue weighted by Crippen LogP contribution is -2.23. The minimum absolute atomic E-state index is 0.238. The maximum absolute atomic E-state index is 12.9. The molecule has 1 aromatic rings. The van der Waals surface area contributed by atoms with Crippen molar-refractivity contribution in [2.24, 2.45) is 5.92 Å². The fraction of sp³-hybridized carbons (Fsp3) is 0.538. The topological polar surface area (TPSA) is 20.2 Å². The van der Waals surface area contributed by atoms with Crippen LogP contribution in [0.25, 0.3) is 0 Å². The zero-order valence-electron chi connectivity index (χ0n) is 9.26. The summed E-state index contributed by atoms with van der Waals surface area (Å²) in [5, 5.41) is 10.3. The first-order valence-electron chi connectivity index (χ1n) is 5.48. The van der Waals surface area contributed by atoms with Crippen LogP contribution in [0.2, 0.25) is 0 Å². The molecule has 0 spiro atoms. The average Bonchev–Trinajstić information content (AvgIpc) is 2.86. The second kappa shape index (κ2) is 3.60. The summed E-state index contributed by atoms with van der Waals surface area (Å²) in [6, 6.07) is 4.60. The van der Waals surface area contributed by atoms with Gasteiger partial charge >= 0.3 is 0 Å².